The van der Waals surface area contributed by atoms with Gasteiger partial charge in [-0.25, -0.2) is 10.3 Å². The fourth-order valence-electron chi connectivity index (χ4n) is 3.48. The normalized spacial score (nSPS) is 19.6. The van der Waals surface area contributed by atoms with Crippen LogP contribution in [0.2, 0.25) is 0 Å². The van der Waals surface area contributed by atoms with Gasteiger partial charge < -0.3 is 14.8 Å². The molecule has 0 aliphatic carbocycles. The Kier molecular flexibility index (Phi) is 5.34. The van der Waals surface area contributed by atoms with Gasteiger partial charge in [-0.1, -0.05) is 31.9 Å². The average Bonchev–Trinajstić information content (AvgIpc) is 3.14. The van der Waals surface area contributed by atoms with Crippen LogP contribution in [0.3, 0.4) is 0 Å². The Morgan fingerprint density at radius 2 is 2.15 bits per heavy atom. The Balaban J connectivity index is 2.15. The highest BCUT2D eigenvalue weighted by atomic mass is 16.7. The van der Waals surface area contributed by atoms with Crippen LogP contribution in [0, 0.1) is 6.92 Å². The van der Waals surface area contributed by atoms with Crippen LogP contribution >= 0.6 is 0 Å². The van der Waals surface area contributed by atoms with E-state index in [0.29, 0.717) is 12.1 Å². The molecule has 3 rings (SSSR count). The Morgan fingerprint density at radius 1 is 1.37 bits per heavy atom. The summed E-state index contributed by atoms with van der Waals surface area (Å²) >= 11 is 0. The van der Waals surface area contributed by atoms with E-state index in [9.17, 15) is 14.7 Å². The van der Waals surface area contributed by atoms with Crippen molar-refractivity contribution in [3.05, 3.63) is 41.1 Å². The number of rotatable bonds is 7. The number of benzene rings is 1. The zero-order valence-corrected chi connectivity index (χ0v) is 15.7. The molecule has 1 unspecified atom stereocenters. The minimum Gasteiger partial charge on any atom is -0.425 e. The van der Waals surface area contributed by atoms with Gasteiger partial charge in [0.15, 0.2) is 0 Å². The number of hydrogen-bond acceptors (Lipinski definition) is 5. The lowest BCUT2D eigenvalue weighted by Crippen LogP contribution is -2.31. The summed E-state index contributed by atoms with van der Waals surface area (Å²) in [5.41, 5.74) is 4.41. The molecule has 27 heavy (non-hydrogen) atoms. The summed E-state index contributed by atoms with van der Waals surface area (Å²) in [6, 6.07) is 7.60. The smallest absolute Gasteiger partial charge is 0.347 e. The number of hydrogen-bond donors (Lipinski definition) is 3. The van der Waals surface area contributed by atoms with Gasteiger partial charge in [0, 0.05) is 17.3 Å². The molecule has 1 aromatic heterocycles. The fourth-order valence-corrected chi connectivity index (χ4v) is 3.48. The van der Waals surface area contributed by atoms with Gasteiger partial charge in [0.1, 0.15) is 5.57 Å². The summed E-state index contributed by atoms with van der Waals surface area (Å²) in [6.45, 7) is 4.01. The van der Waals surface area contributed by atoms with Crippen molar-refractivity contribution in [2.45, 2.75) is 45.3 Å². The summed E-state index contributed by atoms with van der Waals surface area (Å²) in [5.74, 6) is -3.48. The number of aromatic nitrogens is 1. The van der Waals surface area contributed by atoms with E-state index in [0.717, 1.165) is 29.3 Å². The summed E-state index contributed by atoms with van der Waals surface area (Å²) < 4.78 is 5.27. The van der Waals surface area contributed by atoms with Gasteiger partial charge in [-0.15, -0.1) is 0 Å². The third-order valence-corrected chi connectivity index (χ3v) is 4.80. The number of fused-ring (bicyclic) bond motifs is 1. The topological polar surface area (TPSA) is 101 Å². The second-order valence-corrected chi connectivity index (χ2v) is 6.74. The van der Waals surface area contributed by atoms with E-state index in [-0.39, 0.29) is 17.6 Å². The van der Waals surface area contributed by atoms with Crippen molar-refractivity contribution in [3.63, 3.8) is 0 Å². The average molecular weight is 372 g/mol. The Morgan fingerprint density at radius 3 is 2.81 bits per heavy atom. The molecular weight excluding hydrogens is 348 g/mol. The first-order chi connectivity index (χ1) is 12.9. The molecule has 1 amide bonds. The van der Waals surface area contributed by atoms with Crippen molar-refractivity contribution in [2.75, 3.05) is 7.11 Å². The fraction of sp³-hybridized carbons (Fsp3) is 0.400. The number of cyclic esters (lactones) is 1. The third-order valence-electron chi connectivity index (χ3n) is 4.80. The molecule has 7 nitrogen and oxygen atoms in total. The quantitative estimate of drug-likeness (QED) is 0.300. The van der Waals surface area contributed by atoms with Crippen LogP contribution in [0.4, 0.5) is 0 Å². The van der Waals surface area contributed by atoms with Gasteiger partial charge in [-0.05, 0) is 31.0 Å². The molecule has 2 heterocycles. The molecule has 2 aromatic rings. The molecule has 1 atom stereocenters. The van der Waals surface area contributed by atoms with E-state index >= 15 is 0 Å². The number of unbranched alkanes of at least 4 members (excludes halogenated alkanes) is 2. The molecule has 1 aromatic carbocycles. The van der Waals surface area contributed by atoms with Crippen LogP contribution in [-0.4, -0.2) is 34.9 Å². The highest BCUT2D eigenvalue weighted by Crippen LogP contribution is 2.42. The predicted octanol–water partition coefficient (Wildman–Crippen LogP) is 2.73. The summed E-state index contributed by atoms with van der Waals surface area (Å²) in [5, 5.41) is 12.1. The maximum atomic E-state index is 12.4. The largest absolute Gasteiger partial charge is 0.425 e. The van der Waals surface area contributed by atoms with Crippen LogP contribution in [0.5, 0.6) is 0 Å². The van der Waals surface area contributed by atoms with Crippen molar-refractivity contribution in [2.24, 2.45) is 0 Å². The molecule has 7 heteroatoms. The number of aromatic amines is 1. The van der Waals surface area contributed by atoms with Crippen LogP contribution < -0.4 is 5.48 Å². The third kappa shape index (κ3) is 3.48. The Hall–Kier alpha value is -2.64. The maximum Gasteiger partial charge on any atom is 0.347 e. The molecule has 0 saturated carbocycles. The van der Waals surface area contributed by atoms with Crippen LogP contribution in [0.15, 0.2) is 29.8 Å². The number of H-pyrrole nitrogens is 1. The molecule has 0 bridgehead atoms. The van der Waals surface area contributed by atoms with Crippen LogP contribution in [0.1, 0.15) is 43.9 Å². The maximum absolute atomic E-state index is 12.4. The first kappa shape index (κ1) is 19.1. The number of ether oxygens (including phenoxy) is 1. The molecule has 144 valence electrons. The molecule has 0 fully saturated rings. The van der Waals surface area contributed by atoms with E-state index in [1.165, 1.54) is 7.11 Å². The van der Waals surface area contributed by atoms with E-state index in [1.54, 1.807) is 0 Å². The van der Waals surface area contributed by atoms with Gasteiger partial charge in [-0.2, -0.15) is 0 Å². The zero-order chi connectivity index (χ0) is 19.6. The monoisotopic (exact) mass is 372 g/mol. The van der Waals surface area contributed by atoms with E-state index in [1.807, 2.05) is 38.1 Å². The molecular formula is C20H24N2O5. The molecule has 1 aliphatic heterocycles. The highest BCUT2D eigenvalue weighted by molar-refractivity contribution is 6.24. The van der Waals surface area contributed by atoms with Crippen LogP contribution in [-0.2, 0) is 19.2 Å². The number of esters is 1. The summed E-state index contributed by atoms with van der Waals surface area (Å²) in [6.07, 6.45) is 2.69. The number of carbonyl (C=O) groups excluding carboxylic acids is 2. The van der Waals surface area contributed by atoms with Gasteiger partial charge in [0.05, 0.1) is 18.4 Å². The van der Waals surface area contributed by atoms with Gasteiger partial charge >= 0.3 is 5.97 Å². The lowest BCUT2D eigenvalue weighted by molar-refractivity contribution is -0.178. The zero-order valence-electron chi connectivity index (χ0n) is 15.7. The van der Waals surface area contributed by atoms with Gasteiger partial charge in [0.2, 0.25) is 5.79 Å². The van der Waals surface area contributed by atoms with Crippen molar-refractivity contribution in [3.8, 4) is 0 Å². The van der Waals surface area contributed by atoms with Crippen LogP contribution in [0.25, 0.3) is 16.5 Å². The second kappa shape index (κ2) is 7.54. The Bertz CT molecular complexity index is 914. The number of hydroxylamine groups is 1. The lowest BCUT2D eigenvalue weighted by atomic mass is 9.94. The van der Waals surface area contributed by atoms with Gasteiger partial charge in [-0.3, -0.25) is 9.63 Å². The standard InChI is InChI=1S/C20H24N2O5/c1-4-5-6-10-20(25)17(16(19(24)27-20)18(23)22-26-3)15-11-13-12(2)8-7-9-14(13)21-15/h7-9,11,21,25H,4-6,10H2,1-3H3,(H,22,23). The van der Waals surface area contributed by atoms with E-state index in [2.05, 4.69) is 15.3 Å². The van der Waals surface area contributed by atoms with E-state index < -0.39 is 17.7 Å². The number of aryl methyl sites for hydroxylation is 1. The van der Waals surface area contributed by atoms with Crippen molar-refractivity contribution >= 4 is 28.4 Å². The second-order valence-electron chi connectivity index (χ2n) is 6.74. The first-order valence-electron chi connectivity index (χ1n) is 9.03. The van der Waals surface area contributed by atoms with Gasteiger partial charge in [0.25, 0.3) is 5.91 Å². The summed E-state index contributed by atoms with van der Waals surface area (Å²) in [4.78, 5) is 32.7. The number of aliphatic hydroxyl groups is 1. The SMILES string of the molecule is CCCCCC1(O)OC(=O)C(C(=O)NOC)=C1c1cc2c(C)cccc2[nH]1. The Labute approximate surface area is 157 Å². The number of amides is 1. The molecule has 0 spiro atoms. The molecule has 0 saturated heterocycles. The first-order valence-corrected chi connectivity index (χ1v) is 9.03. The van der Waals surface area contributed by atoms with E-state index in [4.69, 9.17) is 4.74 Å². The predicted molar refractivity (Wildman–Crippen MR) is 100 cm³/mol. The number of carbonyl (C=O) groups is 2. The summed E-state index contributed by atoms with van der Waals surface area (Å²) in [7, 11) is 1.28. The van der Waals surface area contributed by atoms with Crippen molar-refractivity contribution in [1.82, 2.24) is 10.5 Å². The molecule has 1 aliphatic rings. The molecule has 0 radical (unpaired) electrons. The minimum absolute atomic E-state index is 0.147. The molecule has 3 N–H and O–H groups in total. The number of nitrogens with one attached hydrogen (secondary N) is 2. The van der Waals surface area contributed by atoms with Crippen molar-refractivity contribution < 1.29 is 24.3 Å². The highest BCUT2D eigenvalue weighted by Gasteiger charge is 2.49. The minimum atomic E-state index is -1.86. The van der Waals surface area contributed by atoms with Crippen molar-refractivity contribution in [1.29, 1.82) is 0 Å². The lowest BCUT2D eigenvalue weighted by Gasteiger charge is -2.24.